The molecular weight excluding hydrogens is 166 g/mol. The lowest BCUT2D eigenvalue weighted by Gasteiger charge is -1.96. The van der Waals surface area contributed by atoms with E-state index in [-0.39, 0.29) is 0 Å². The van der Waals surface area contributed by atoms with E-state index in [4.69, 9.17) is 5.26 Å². The second kappa shape index (κ2) is 2.72. The number of aromatic nitrogens is 2. The number of hydrogen-bond donors (Lipinski definition) is 0. The first-order valence-electron chi connectivity index (χ1n) is 3.68. The number of nitriles is 1. The fourth-order valence-corrected chi connectivity index (χ4v) is 1.20. The van der Waals surface area contributed by atoms with Crippen LogP contribution in [0.3, 0.4) is 0 Å². The lowest BCUT2D eigenvalue weighted by molar-refractivity contribution is 0.112. The predicted octanol–water partition coefficient (Wildman–Crippen LogP) is 1.02. The Kier molecular flexibility index (Phi) is 1.57. The first kappa shape index (κ1) is 7.50. The van der Waals surface area contributed by atoms with Crippen LogP contribution in [-0.2, 0) is 0 Å². The third-order valence-corrected chi connectivity index (χ3v) is 1.77. The van der Waals surface area contributed by atoms with Crippen molar-refractivity contribution in [3.8, 4) is 6.07 Å². The van der Waals surface area contributed by atoms with E-state index in [0.29, 0.717) is 17.5 Å². The number of carbonyl (C=O) groups is 1. The van der Waals surface area contributed by atoms with Crippen molar-refractivity contribution >= 4 is 11.8 Å². The van der Waals surface area contributed by atoms with E-state index < -0.39 is 0 Å². The van der Waals surface area contributed by atoms with Gasteiger partial charge in [-0.25, -0.2) is 4.52 Å². The van der Waals surface area contributed by atoms with Crippen LogP contribution in [0, 0.1) is 11.3 Å². The fourth-order valence-electron chi connectivity index (χ4n) is 1.20. The van der Waals surface area contributed by atoms with Gasteiger partial charge in [0.05, 0.1) is 11.7 Å². The number of nitrogens with zero attached hydrogens (tertiary/aromatic N) is 3. The molecule has 0 saturated heterocycles. The van der Waals surface area contributed by atoms with Gasteiger partial charge in [-0.15, -0.1) is 0 Å². The van der Waals surface area contributed by atoms with Crippen LogP contribution >= 0.6 is 0 Å². The molecule has 0 fully saturated rings. The Balaban J connectivity index is 2.86. The van der Waals surface area contributed by atoms with E-state index in [2.05, 4.69) is 5.10 Å². The molecule has 2 heterocycles. The molecule has 0 aromatic carbocycles. The molecule has 0 N–H and O–H groups in total. The average Bonchev–Trinajstić information content (AvgIpc) is 2.63. The number of hydrogen-bond acceptors (Lipinski definition) is 3. The monoisotopic (exact) mass is 171 g/mol. The third kappa shape index (κ3) is 1.07. The van der Waals surface area contributed by atoms with Crippen LogP contribution in [0.1, 0.15) is 16.1 Å². The minimum Gasteiger partial charge on any atom is -0.298 e. The standard InChI is InChI=1S/C9H5N3O/c10-5-9-4-7(6-13)3-8-1-2-11-12(8)9/h1-4,6H. The van der Waals surface area contributed by atoms with Gasteiger partial charge in [0.15, 0.2) is 0 Å². The Morgan fingerprint density at radius 1 is 1.54 bits per heavy atom. The van der Waals surface area contributed by atoms with Crippen molar-refractivity contribution in [1.82, 2.24) is 9.61 Å². The summed E-state index contributed by atoms with van der Waals surface area (Å²) in [5.74, 6) is 0. The van der Waals surface area contributed by atoms with Crippen LogP contribution in [0.15, 0.2) is 24.4 Å². The van der Waals surface area contributed by atoms with Crippen LogP contribution in [0.5, 0.6) is 0 Å². The van der Waals surface area contributed by atoms with Crippen molar-refractivity contribution in [2.45, 2.75) is 0 Å². The smallest absolute Gasteiger partial charge is 0.150 e. The molecule has 13 heavy (non-hydrogen) atoms. The molecule has 0 aliphatic carbocycles. The number of pyridine rings is 1. The van der Waals surface area contributed by atoms with Crippen LogP contribution in [0.25, 0.3) is 5.52 Å². The molecule has 0 aliphatic heterocycles. The Hall–Kier alpha value is -2.15. The zero-order valence-electron chi connectivity index (χ0n) is 6.64. The maximum absolute atomic E-state index is 10.5. The summed E-state index contributed by atoms with van der Waals surface area (Å²) in [5, 5.41) is 12.7. The number of carbonyl (C=O) groups excluding carboxylic acids is 1. The maximum Gasteiger partial charge on any atom is 0.150 e. The van der Waals surface area contributed by atoms with E-state index in [9.17, 15) is 4.79 Å². The molecule has 0 atom stereocenters. The molecule has 4 nitrogen and oxygen atoms in total. The minimum absolute atomic E-state index is 0.365. The van der Waals surface area contributed by atoms with Crippen molar-refractivity contribution in [2.75, 3.05) is 0 Å². The van der Waals surface area contributed by atoms with Gasteiger partial charge in [-0.3, -0.25) is 4.79 Å². The van der Waals surface area contributed by atoms with Gasteiger partial charge >= 0.3 is 0 Å². The maximum atomic E-state index is 10.5. The number of rotatable bonds is 1. The summed E-state index contributed by atoms with van der Waals surface area (Å²) in [6, 6.07) is 6.90. The summed E-state index contributed by atoms with van der Waals surface area (Å²) in [7, 11) is 0. The van der Waals surface area contributed by atoms with Crippen LogP contribution in [0.2, 0.25) is 0 Å². The van der Waals surface area contributed by atoms with Crippen molar-refractivity contribution in [2.24, 2.45) is 0 Å². The summed E-state index contributed by atoms with van der Waals surface area (Å²) in [6.45, 7) is 0. The summed E-state index contributed by atoms with van der Waals surface area (Å²) < 4.78 is 1.49. The molecule has 0 aliphatic rings. The molecule has 4 heteroatoms. The summed E-state index contributed by atoms with van der Waals surface area (Å²) in [5.41, 5.74) is 1.61. The molecule has 2 aromatic rings. The third-order valence-electron chi connectivity index (χ3n) is 1.77. The predicted molar refractivity (Wildman–Crippen MR) is 45.3 cm³/mol. The number of aldehydes is 1. The highest BCUT2D eigenvalue weighted by molar-refractivity contribution is 5.78. The van der Waals surface area contributed by atoms with E-state index in [1.165, 1.54) is 10.6 Å². The second-order valence-corrected chi connectivity index (χ2v) is 2.57. The van der Waals surface area contributed by atoms with Crippen molar-refractivity contribution in [3.63, 3.8) is 0 Å². The lowest BCUT2D eigenvalue weighted by atomic mass is 10.2. The van der Waals surface area contributed by atoms with E-state index in [1.54, 1.807) is 18.3 Å². The van der Waals surface area contributed by atoms with E-state index >= 15 is 0 Å². The molecule has 0 spiro atoms. The Bertz CT molecular complexity index is 507. The first-order valence-corrected chi connectivity index (χ1v) is 3.68. The van der Waals surface area contributed by atoms with Crippen LogP contribution < -0.4 is 0 Å². The lowest BCUT2D eigenvalue weighted by Crippen LogP contribution is -1.95. The van der Waals surface area contributed by atoms with Gasteiger partial charge in [0.2, 0.25) is 0 Å². The molecular formula is C9H5N3O. The summed E-state index contributed by atoms with van der Waals surface area (Å²) in [6.07, 6.45) is 2.30. The SMILES string of the molecule is N#Cc1cc(C=O)cc2ccnn12. The highest BCUT2D eigenvalue weighted by Gasteiger charge is 2.02. The van der Waals surface area contributed by atoms with Crippen LogP contribution in [-0.4, -0.2) is 15.9 Å². The molecule has 0 radical (unpaired) electrons. The van der Waals surface area contributed by atoms with Crippen molar-refractivity contribution in [3.05, 3.63) is 35.7 Å². The Morgan fingerprint density at radius 2 is 2.38 bits per heavy atom. The van der Waals surface area contributed by atoms with Gasteiger partial charge in [0.1, 0.15) is 18.0 Å². The second-order valence-electron chi connectivity index (χ2n) is 2.57. The topological polar surface area (TPSA) is 58.2 Å². The fraction of sp³-hybridized carbons (Fsp3) is 0. The first-order chi connectivity index (χ1) is 6.35. The molecule has 0 amide bonds. The van der Waals surface area contributed by atoms with Crippen LogP contribution in [0.4, 0.5) is 0 Å². The van der Waals surface area contributed by atoms with Crippen molar-refractivity contribution in [1.29, 1.82) is 5.26 Å². The van der Waals surface area contributed by atoms with E-state index in [1.807, 2.05) is 6.07 Å². The summed E-state index contributed by atoms with van der Waals surface area (Å²) in [4.78, 5) is 10.5. The van der Waals surface area contributed by atoms with E-state index in [0.717, 1.165) is 5.52 Å². The Morgan fingerprint density at radius 3 is 3.08 bits per heavy atom. The highest BCUT2D eigenvalue weighted by atomic mass is 16.1. The normalized spacial score (nSPS) is 9.77. The molecule has 2 rings (SSSR count). The molecule has 0 saturated carbocycles. The van der Waals surface area contributed by atoms with Gasteiger partial charge in [-0.1, -0.05) is 0 Å². The quantitative estimate of drug-likeness (QED) is 0.602. The molecule has 62 valence electrons. The van der Waals surface area contributed by atoms with Gasteiger partial charge < -0.3 is 0 Å². The molecule has 0 bridgehead atoms. The van der Waals surface area contributed by atoms with Gasteiger partial charge in [-0.05, 0) is 18.2 Å². The minimum atomic E-state index is 0.365. The van der Waals surface area contributed by atoms with Gasteiger partial charge in [0, 0.05) is 5.56 Å². The average molecular weight is 171 g/mol. The highest BCUT2D eigenvalue weighted by Crippen LogP contribution is 2.08. The van der Waals surface area contributed by atoms with Gasteiger partial charge in [0.25, 0.3) is 0 Å². The zero-order chi connectivity index (χ0) is 9.26. The summed E-state index contributed by atoms with van der Waals surface area (Å²) >= 11 is 0. The molecule has 2 aromatic heterocycles. The number of fused-ring (bicyclic) bond motifs is 1. The Labute approximate surface area is 74.0 Å². The van der Waals surface area contributed by atoms with Crippen molar-refractivity contribution < 1.29 is 4.79 Å². The molecule has 0 unspecified atom stereocenters. The zero-order valence-corrected chi connectivity index (χ0v) is 6.64. The van der Waals surface area contributed by atoms with Gasteiger partial charge in [-0.2, -0.15) is 10.4 Å². The largest absolute Gasteiger partial charge is 0.298 e.